The maximum atomic E-state index is 5.74. The molecule has 130 valence electrons. The van der Waals surface area contributed by atoms with Crippen LogP contribution in [0.1, 0.15) is 25.5 Å². The van der Waals surface area contributed by atoms with Gasteiger partial charge in [0.15, 0.2) is 21.8 Å². The van der Waals surface area contributed by atoms with Crippen molar-refractivity contribution in [3.8, 4) is 22.8 Å². The number of H-pyrrole nitrogens is 1. The van der Waals surface area contributed by atoms with Crippen LogP contribution in [-0.4, -0.2) is 34.2 Å². The number of aromatic nitrogens is 4. The number of ether oxygens (including phenoxy) is 2. The van der Waals surface area contributed by atoms with Crippen LogP contribution >= 0.6 is 12.2 Å². The van der Waals surface area contributed by atoms with Gasteiger partial charge in [0.2, 0.25) is 5.95 Å². The summed E-state index contributed by atoms with van der Waals surface area (Å²) in [7, 11) is 3.20. The third-order valence-corrected chi connectivity index (χ3v) is 4.08. The zero-order valence-electron chi connectivity index (χ0n) is 14.5. The van der Waals surface area contributed by atoms with Crippen molar-refractivity contribution in [2.75, 3.05) is 20.0 Å². The second kappa shape index (κ2) is 6.64. The average Bonchev–Trinajstić information content (AvgIpc) is 2.59. The number of aromatic amines is 1. The van der Waals surface area contributed by atoms with Gasteiger partial charge in [-0.25, -0.2) is 15.0 Å². The summed E-state index contributed by atoms with van der Waals surface area (Å²) in [6.07, 6.45) is 0. The molecule has 0 fully saturated rings. The molecular weight excluding hydrogens is 338 g/mol. The highest BCUT2D eigenvalue weighted by Gasteiger charge is 2.17. The smallest absolute Gasteiger partial charge is 0.200 e. The molecule has 0 aliphatic carbocycles. The molecule has 1 aromatic carbocycles. The number of hydrogen-bond donors (Lipinski definition) is 2. The van der Waals surface area contributed by atoms with Crippen LogP contribution < -0.4 is 15.2 Å². The number of methoxy groups -OCH3 is 2. The topological polar surface area (TPSA) is 98.9 Å². The zero-order valence-corrected chi connectivity index (χ0v) is 15.3. The molecule has 3 rings (SSSR count). The van der Waals surface area contributed by atoms with Crippen LogP contribution in [-0.2, 0) is 0 Å². The average molecular weight is 357 g/mol. The van der Waals surface area contributed by atoms with E-state index >= 15 is 0 Å². The van der Waals surface area contributed by atoms with Gasteiger partial charge in [0.1, 0.15) is 5.52 Å². The number of nitrogen functional groups attached to an aromatic ring is 1. The van der Waals surface area contributed by atoms with E-state index in [2.05, 4.69) is 23.8 Å². The monoisotopic (exact) mass is 357 g/mol. The fraction of sp³-hybridized carbons (Fsp3) is 0.294. The van der Waals surface area contributed by atoms with E-state index in [1.54, 1.807) is 14.2 Å². The Kier molecular flexibility index (Phi) is 4.54. The lowest BCUT2D eigenvalue weighted by Crippen LogP contribution is -2.05. The van der Waals surface area contributed by atoms with Gasteiger partial charge in [-0.3, -0.25) is 0 Å². The summed E-state index contributed by atoms with van der Waals surface area (Å²) in [5.41, 5.74) is 9.21. The molecule has 3 aromatic rings. The van der Waals surface area contributed by atoms with Crippen molar-refractivity contribution in [1.82, 2.24) is 19.9 Å². The highest BCUT2D eigenvalue weighted by atomic mass is 32.1. The van der Waals surface area contributed by atoms with Gasteiger partial charge in [-0.2, -0.15) is 0 Å². The zero-order chi connectivity index (χ0) is 18.1. The fourth-order valence-electron chi connectivity index (χ4n) is 2.59. The minimum Gasteiger partial charge on any atom is -0.493 e. The molecule has 25 heavy (non-hydrogen) atoms. The van der Waals surface area contributed by atoms with Gasteiger partial charge >= 0.3 is 0 Å². The summed E-state index contributed by atoms with van der Waals surface area (Å²) in [6.45, 7) is 4.11. The number of hydrogen-bond acceptors (Lipinski definition) is 7. The minimum atomic E-state index is 0.149. The molecule has 0 atom stereocenters. The molecule has 8 heteroatoms. The van der Waals surface area contributed by atoms with Crippen molar-refractivity contribution >= 4 is 29.3 Å². The van der Waals surface area contributed by atoms with Crippen LogP contribution in [0.5, 0.6) is 11.5 Å². The SMILES string of the molecule is COc1ccc(-c2nc3c(=S)nc(N)[nH]c3nc2C(C)C)cc1OC. The van der Waals surface area contributed by atoms with Gasteiger partial charge in [0, 0.05) is 5.56 Å². The highest BCUT2D eigenvalue weighted by molar-refractivity contribution is 7.71. The molecular formula is C17H19N5O2S. The standard InChI is InChI=1S/C17H19N5O2S/c1-8(2)12-13(9-5-6-10(23-3)11(7-9)24-4)19-14-15(20-12)21-17(18)22-16(14)25/h5-8H,1-4H3,(H3,18,20,21,22,25). The van der Waals surface area contributed by atoms with Crippen LogP contribution in [0.4, 0.5) is 5.95 Å². The van der Waals surface area contributed by atoms with E-state index in [0.29, 0.717) is 27.3 Å². The summed E-state index contributed by atoms with van der Waals surface area (Å²) >= 11 is 5.29. The molecule has 0 radical (unpaired) electrons. The molecule has 3 N–H and O–H groups in total. The molecule has 7 nitrogen and oxygen atoms in total. The largest absolute Gasteiger partial charge is 0.493 e. The van der Waals surface area contributed by atoms with Gasteiger partial charge in [0.05, 0.1) is 25.6 Å². The van der Waals surface area contributed by atoms with Crippen LogP contribution in [0.2, 0.25) is 0 Å². The Labute approximate surface area is 150 Å². The maximum Gasteiger partial charge on any atom is 0.200 e. The summed E-state index contributed by atoms with van der Waals surface area (Å²) in [5, 5.41) is 0. The first kappa shape index (κ1) is 17.1. The Morgan fingerprint density at radius 2 is 1.80 bits per heavy atom. The van der Waals surface area contributed by atoms with Gasteiger partial charge in [-0.05, 0) is 24.1 Å². The molecule has 0 aliphatic heterocycles. The summed E-state index contributed by atoms with van der Waals surface area (Å²) in [5.74, 6) is 1.65. The Morgan fingerprint density at radius 1 is 1.08 bits per heavy atom. The molecule has 2 aromatic heterocycles. The Hall–Kier alpha value is -2.74. The van der Waals surface area contributed by atoms with Crippen LogP contribution in [0, 0.1) is 4.64 Å². The van der Waals surface area contributed by atoms with Gasteiger partial charge in [-0.1, -0.05) is 26.1 Å². The summed E-state index contributed by atoms with van der Waals surface area (Å²) in [4.78, 5) is 16.4. The maximum absolute atomic E-state index is 5.74. The molecule has 2 heterocycles. The van der Waals surface area contributed by atoms with E-state index in [0.717, 1.165) is 17.0 Å². The Bertz CT molecular complexity index is 1000. The van der Waals surface area contributed by atoms with Crippen molar-refractivity contribution in [2.45, 2.75) is 19.8 Å². The first-order chi connectivity index (χ1) is 11.9. The third-order valence-electron chi connectivity index (χ3n) is 3.80. The predicted molar refractivity (Wildman–Crippen MR) is 99.6 cm³/mol. The van der Waals surface area contributed by atoms with Crippen molar-refractivity contribution < 1.29 is 9.47 Å². The highest BCUT2D eigenvalue weighted by Crippen LogP contribution is 2.34. The van der Waals surface area contributed by atoms with E-state index in [1.807, 2.05) is 18.2 Å². The number of anilines is 1. The number of benzene rings is 1. The lowest BCUT2D eigenvalue weighted by Gasteiger charge is -2.14. The molecule has 0 spiro atoms. The second-order valence-corrected chi connectivity index (χ2v) is 6.19. The first-order valence-corrected chi connectivity index (χ1v) is 8.15. The van der Waals surface area contributed by atoms with E-state index in [-0.39, 0.29) is 11.9 Å². The van der Waals surface area contributed by atoms with Crippen LogP contribution in [0.25, 0.3) is 22.4 Å². The van der Waals surface area contributed by atoms with E-state index < -0.39 is 0 Å². The van der Waals surface area contributed by atoms with Gasteiger partial charge < -0.3 is 20.2 Å². The van der Waals surface area contributed by atoms with Gasteiger partial charge in [-0.15, -0.1) is 0 Å². The molecule has 0 saturated heterocycles. The predicted octanol–water partition coefficient (Wildman–Crippen LogP) is 3.47. The van der Waals surface area contributed by atoms with E-state index in [9.17, 15) is 0 Å². The van der Waals surface area contributed by atoms with Crippen LogP contribution in [0.15, 0.2) is 18.2 Å². The summed E-state index contributed by atoms with van der Waals surface area (Å²) in [6, 6.07) is 5.63. The molecule has 0 aliphatic rings. The minimum absolute atomic E-state index is 0.149. The molecule has 0 amide bonds. The lowest BCUT2D eigenvalue weighted by molar-refractivity contribution is 0.355. The molecule has 0 bridgehead atoms. The summed E-state index contributed by atoms with van der Waals surface area (Å²) < 4.78 is 11.0. The van der Waals surface area contributed by atoms with Crippen molar-refractivity contribution in [3.63, 3.8) is 0 Å². The quantitative estimate of drug-likeness (QED) is 0.690. The lowest BCUT2D eigenvalue weighted by atomic mass is 10.0. The normalized spacial score (nSPS) is 11.1. The Balaban J connectivity index is 2.31. The number of rotatable bonds is 4. The first-order valence-electron chi connectivity index (χ1n) is 7.74. The van der Waals surface area contributed by atoms with E-state index in [1.165, 1.54) is 0 Å². The van der Waals surface area contributed by atoms with Gasteiger partial charge in [0.25, 0.3) is 0 Å². The van der Waals surface area contributed by atoms with Crippen molar-refractivity contribution in [3.05, 3.63) is 28.5 Å². The van der Waals surface area contributed by atoms with E-state index in [4.69, 9.17) is 37.4 Å². The fourth-order valence-corrected chi connectivity index (χ4v) is 2.84. The van der Waals surface area contributed by atoms with Crippen LogP contribution in [0.3, 0.4) is 0 Å². The molecule has 0 unspecified atom stereocenters. The number of nitrogens with one attached hydrogen (secondary N) is 1. The number of fused-ring (bicyclic) bond motifs is 1. The number of nitrogens with two attached hydrogens (primary N) is 1. The second-order valence-electron chi connectivity index (χ2n) is 5.81. The number of nitrogens with zero attached hydrogens (tertiary/aromatic N) is 3. The molecule has 0 saturated carbocycles. The Morgan fingerprint density at radius 3 is 2.44 bits per heavy atom. The third kappa shape index (κ3) is 3.12. The van der Waals surface area contributed by atoms with Crippen molar-refractivity contribution in [1.29, 1.82) is 0 Å². The van der Waals surface area contributed by atoms with Crippen molar-refractivity contribution in [2.24, 2.45) is 0 Å².